The second-order valence-corrected chi connectivity index (χ2v) is 6.91. The van der Waals surface area contributed by atoms with Crippen LogP contribution in [0.15, 0.2) is 35.7 Å². The van der Waals surface area contributed by atoms with Gasteiger partial charge in [0.15, 0.2) is 10.8 Å². The lowest BCUT2D eigenvalue weighted by molar-refractivity contribution is 0.0492. The second kappa shape index (κ2) is 8.14. The van der Waals surface area contributed by atoms with Crippen LogP contribution >= 0.6 is 11.3 Å². The lowest BCUT2D eigenvalue weighted by Crippen LogP contribution is -2.07. The summed E-state index contributed by atoms with van der Waals surface area (Å²) < 4.78 is 6.88. The summed E-state index contributed by atoms with van der Waals surface area (Å²) in [6.45, 7) is 4.53. The minimum Gasteiger partial charge on any atom is -0.461 e. The van der Waals surface area contributed by atoms with E-state index in [2.05, 4.69) is 29.2 Å². The molecule has 0 saturated carbocycles. The Hall–Kier alpha value is -2.67. The summed E-state index contributed by atoms with van der Waals surface area (Å²) in [5, 5.41) is 10.3. The fraction of sp³-hybridized carbons (Fsp3) is 0.316. The van der Waals surface area contributed by atoms with Crippen LogP contribution in [0, 0.1) is 6.92 Å². The maximum absolute atomic E-state index is 12.1. The Labute approximate surface area is 156 Å². The summed E-state index contributed by atoms with van der Waals surface area (Å²) in [5.41, 5.74) is 4.05. The van der Waals surface area contributed by atoms with Gasteiger partial charge in [0, 0.05) is 24.2 Å². The van der Waals surface area contributed by atoms with Crippen molar-refractivity contribution in [3.63, 3.8) is 0 Å². The molecule has 0 radical (unpaired) electrons. The molecule has 0 unspecified atom stereocenters. The van der Waals surface area contributed by atoms with Crippen molar-refractivity contribution in [2.45, 2.75) is 26.7 Å². The van der Waals surface area contributed by atoms with Crippen molar-refractivity contribution in [3.8, 4) is 11.4 Å². The molecule has 0 amide bonds. The first-order valence-electron chi connectivity index (χ1n) is 8.57. The number of ether oxygens (including phenoxy) is 1. The quantitative estimate of drug-likeness (QED) is 0.488. The van der Waals surface area contributed by atoms with E-state index in [1.54, 1.807) is 17.8 Å². The Morgan fingerprint density at radius 3 is 2.81 bits per heavy atom. The summed E-state index contributed by atoms with van der Waals surface area (Å²) in [7, 11) is 1.80. The number of anilines is 2. The summed E-state index contributed by atoms with van der Waals surface area (Å²) in [6.07, 6.45) is 1.84. The van der Waals surface area contributed by atoms with Gasteiger partial charge in [-0.2, -0.15) is 5.10 Å². The second-order valence-electron chi connectivity index (χ2n) is 6.06. The maximum atomic E-state index is 12.1. The highest BCUT2D eigenvalue weighted by Crippen LogP contribution is 2.27. The summed E-state index contributed by atoms with van der Waals surface area (Å²) in [5.74, 6) is -0.395. The number of unbranched alkanes of at least 4 members (excludes halogenated alkanes) is 1. The molecular weight excluding hydrogens is 348 g/mol. The highest BCUT2D eigenvalue weighted by Gasteiger charge is 2.17. The number of nitrogens with one attached hydrogen (secondary N) is 1. The molecule has 0 spiro atoms. The van der Waals surface area contributed by atoms with E-state index in [-0.39, 0.29) is 0 Å². The molecule has 0 aliphatic heterocycles. The number of carbonyl (C=O) groups is 1. The molecule has 0 aliphatic rings. The Bertz CT molecular complexity index is 883. The molecule has 1 N–H and O–H groups in total. The van der Waals surface area contributed by atoms with Gasteiger partial charge in [0.25, 0.3) is 0 Å². The van der Waals surface area contributed by atoms with Crippen LogP contribution in [-0.4, -0.2) is 27.3 Å². The Morgan fingerprint density at radius 2 is 2.08 bits per heavy atom. The number of hydrogen-bond donors (Lipinski definition) is 1. The minimum absolute atomic E-state index is 0.305. The summed E-state index contributed by atoms with van der Waals surface area (Å²) >= 11 is 1.51. The molecule has 1 aromatic carbocycles. The predicted molar refractivity (Wildman–Crippen MR) is 104 cm³/mol. The zero-order chi connectivity index (χ0) is 18.5. The van der Waals surface area contributed by atoms with Gasteiger partial charge >= 0.3 is 5.97 Å². The van der Waals surface area contributed by atoms with E-state index < -0.39 is 5.97 Å². The first-order chi connectivity index (χ1) is 12.6. The lowest BCUT2D eigenvalue weighted by Gasteiger charge is -2.02. The normalized spacial score (nSPS) is 10.7. The zero-order valence-electron chi connectivity index (χ0n) is 15.2. The van der Waals surface area contributed by atoms with Crippen LogP contribution < -0.4 is 5.32 Å². The molecule has 0 atom stereocenters. The van der Waals surface area contributed by atoms with Gasteiger partial charge < -0.3 is 10.1 Å². The van der Waals surface area contributed by atoms with Gasteiger partial charge in [0.05, 0.1) is 12.3 Å². The number of hydrogen-bond acceptors (Lipinski definition) is 6. The van der Waals surface area contributed by atoms with Crippen LogP contribution in [0.5, 0.6) is 0 Å². The number of thiazole rings is 1. The number of aryl methyl sites for hydroxylation is 2. The van der Waals surface area contributed by atoms with Gasteiger partial charge in [-0.05, 0) is 25.5 Å². The number of aromatic nitrogens is 3. The molecule has 0 saturated heterocycles. The molecule has 3 rings (SSSR count). The first kappa shape index (κ1) is 18.1. The number of carbonyl (C=O) groups excluding carboxylic acids is 1. The van der Waals surface area contributed by atoms with Crippen LogP contribution in [0.1, 0.15) is 35.8 Å². The van der Waals surface area contributed by atoms with Crippen molar-refractivity contribution in [1.82, 2.24) is 14.8 Å². The lowest BCUT2D eigenvalue weighted by atomic mass is 10.2. The largest absolute Gasteiger partial charge is 0.461 e. The number of nitrogens with zero attached hydrogens (tertiary/aromatic N) is 3. The third kappa shape index (κ3) is 4.29. The number of benzene rings is 1. The minimum atomic E-state index is -0.395. The highest BCUT2D eigenvalue weighted by molar-refractivity contribution is 7.14. The van der Waals surface area contributed by atoms with Gasteiger partial charge in [0.1, 0.15) is 5.69 Å². The van der Waals surface area contributed by atoms with Crippen molar-refractivity contribution in [2.75, 3.05) is 11.9 Å². The molecule has 0 bridgehead atoms. The fourth-order valence-corrected chi connectivity index (χ4v) is 3.12. The van der Waals surface area contributed by atoms with Crippen molar-refractivity contribution < 1.29 is 9.53 Å². The molecule has 136 valence electrons. The Morgan fingerprint density at radius 1 is 1.31 bits per heavy atom. The van der Waals surface area contributed by atoms with E-state index in [1.165, 1.54) is 16.9 Å². The average molecular weight is 370 g/mol. The molecule has 0 fully saturated rings. The smallest absolute Gasteiger partial charge is 0.358 e. The van der Waals surface area contributed by atoms with Crippen molar-refractivity contribution >= 4 is 28.1 Å². The van der Waals surface area contributed by atoms with Crippen molar-refractivity contribution in [1.29, 1.82) is 0 Å². The van der Waals surface area contributed by atoms with Crippen LogP contribution in [0.3, 0.4) is 0 Å². The van der Waals surface area contributed by atoms with Crippen molar-refractivity contribution in [2.24, 2.45) is 7.05 Å². The van der Waals surface area contributed by atoms with Crippen molar-refractivity contribution in [3.05, 3.63) is 47.0 Å². The van der Waals surface area contributed by atoms with Gasteiger partial charge in [-0.1, -0.05) is 31.0 Å². The number of rotatable bonds is 7. The van der Waals surface area contributed by atoms with Crippen LogP contribution in [-0.2, 0) is 11.8 Å². The van der Waals surface area contributed by atoms with Gasteiger partial charge in [-0.15, -0.1) is 11.3 Å². The van der Waals surface area contributed by atoms with Gasteiger partial charge in [0.2, 0.25) is 0 Å². The fourth-order valence-electron chi connectivity index (χ4n) is 2.40. The molecule has 6 nitrogen and oxygen atoms in total. The van der Waals surface area contributed by atoms with E-state index in [4.69, 9.17) is 4.74 Å². The van der Waals surface area contributed by atoms with E-state index in [1.807, 2.05) is 29.6 Å². The predicted octanol–water partition coefficient (Wildman–Crippen LogP) is 4.55. The monoisotopic (exact) mass is 370 g/mol. The molecule has 26 heavy (non-hydrogen) atoms. The molecule has 7 heteroatoms. The van der Waals surface area contributed by atoms with Gasteiger partial charge in [-0.3, -0.25) is 4.68 Å². The molecular formula is C19H22N4O2S. The highest BCUT2D eigenvalue weighted by atomic mass is 32.1. The SMILES string of the molecule is CCCCOC(=O)c1cc(-c2csc(Nc3ccc(C)cc3)n2)n(C)n1. The summed E-state index contributed by atoms with van der Waals surface area (Å²) in [6, 6.07) is 9.86. The van der Waals surface area contributed by atoms with E-state index in [0.29, 0.717) is 12.3 Å². The number of esters is 1. The maximum Gasteiger partial charge on any atom is 0.358 e. The first-order valence-corrected chi connectivity index (χ1v) is 9.45. The zero-order valence-corrected chi connectivity index (χ0v) is 16.0. The third-order valence-electron chi connectivity index (χ3n) is 3.89. The standard InChI is InChI=1S/C19H22N4O2S/c1-4-5-10-25-18(24)15-11-17(23(3)22-15)16-12-26-19(21-16)20-14-8-6-13(2)7-9-14/h6-9,11-12H,4-5,10H2,1-3H3,(H,20,21). The average Bonchev–Trinajstić information content (AvgIpc) is 3.23. The summed E-state index contributed by atoms with van der Waals surface area (Å²) in [4.78, 5) is 16.7. The van der Waals surface area contributed by atoms with E-state index in [0.717, 1.165) is 35.0 Å². The topological polar surface area (TPSA) is 69.0 Å². The Kier molecular flexibility index (Phi) is 5.68. The molecule has 2 heterocycles. The van der Waals surface area contributed by atoms with Gasteiger partial charge in [-0.25, -0.2) is 9.78 Å². The molecule has 0 aliphatic carbocycles. The van der Waals surface area contributed by atoms with E-state index >= 15 is 0 Å². The Balaban J connectivity index is 1.72. The van der Waals surface area contributed by atoms with Crippen LogP contribution in [0.4, 0.5) is 10.8 Å². The van der Waals surface area contributed by atoms with Crippen LogP contribution in [0.25, 0.3) is 11.4 Å². The van der Waals surface area contributed by atoms with Crippen LogP contribution in [0.2, 0.25) is 0 Å². The van der Waals surface area contributed by atoms with E-state index in [9.17, 15) is 4.79 Å². The molecule has 3 aromatic rings. The molecule has 2 aromatic heterocycles. The third-order valence-corrected chi connectivity index (χ3v) is 4.65.